The van der Waals surface area contributed by atoms with Crippen LogP contribution in [0.3, 0.4) is 0 Å². The van der Waals surface area contributed by atoms with E-state index in [4.69, 9.17) is 0 Å². The average Bonchev–Trinajstić information content (AvgIpc) is 2.73. The number of ketones is 2. The number of fused-ring (bicyclic) bond motifs is 5. The van der Waals surface area contributed by atoms with E-state index < -0.39 is 17.6 Å². The summed E-state index contributed by atoms with van der Waals surface area (Å²) in [4.78, 5) is 25.4. The Labute approximate surface area is 137 Å². The molecule has 0 aromatic rings. The van der Waals surface area contributed by atoms with Crippen LogP contribution in [0.15, 0.2) is 12.2 Å². The quantitative estimate of drug-likeness (QED) is 0.669. The van der Waals surface area contributed by atoms with Gasteiger partial charge >= 0.3 is 0 Å². The van der Waals surface area contributed by atoms with Gasteiger partial charge in [0.15, 0.2) is 5.78 Å². The fourth-order valence-corrected chi connectivity index (χ4v) is 6.27. The monoisotopic (exact) mass is 318 g/mol. The second-order valence-electron chi connectivity index (χ2n) is 8.71. The van der Waals surface area contributed by atoms with Crippen LogP contribution >= 0.6 is 0 Å². The summed E-state index contributed by atoms with van der Waals surface area (Å²) in [5.41, 5.74) is -0.604. The van der Waals surface area contributed by atoms with Crippen molar-refractivity contribution in [2.75, 3.05) is 0 Å². The second-order valence-corrected chi connectivity index (χ2v) is 8.71. The van der Waals surface area contributed by atoms with E-state index in [1.807, 2.05) is 13.0 Å². The van der Waals surface area contributed by atoms with Gasteiger partial charge in [0, 0.05) is 17.8 Å². The lowest BCUT2D eigenvalue weighted by molar-refractivity contribution is -0.151. The Kier molecular flexibility index (Phi) is 3.21. The van der Waals surface area contributed by atoms with Crippen LogP contribution in [0.25, 0.3) is 0 Å². The molecule has 3 unspecified atom stereocenters. The Hall–Kier alpha value is -1.00. The van der Waals surface area contributed by atoms with E-state index in [1.165, 1.54) is 0 Å². The van der Waals surface area contributed by atoms with Gasteiger partial charge in [0.25, 0.3) is 0 Å². The van der Waals surface area contributed by atoms with Crippen molar-refractivity contribution in [3.05, 3.63) is 12.2 Å². The summed E-state index contributed by atoms with van der Waals surface area (Å²) in [6.07, 6.45) is 5.89. The zero-order chi connectivity index (χ0) is 16.6. The first-order valence-electron chi connectivity index (χ1n) is 8.90. The van der Waals surface area contributed by atoms with Gasteiger partial charge in [0.1, 0.15) is 11.9 Å². The van der Waals surface area contributed by atoms with Gasteiger partial charge in [0.2, 0.25) is 0 Å². The predicted molar refractivity (Wildman–Crippen MR) is 84.4 cm³/mol. The molecule has 0 amide bonds. The van der Waals surface area contributed by atoms with Gasteiger partial charge in [0.05, 0.1) is 6.10 Å². The molecule has 0 aliphatic heterocycles. The minimum absolute atomic E-state index is 0.0192. The lowest BCUT2D eigenvalue weighted by atomic mass is 9.46. The molecule has 0 heterocycles. The lowest BCUT2D eigenvalue weighted by Gasteiger charge is -2.57. The predicted octanol–water partition coefficient (Wildman–Crippen LogP) is 1.88. The van der Waals surface area contributed by atoms with Crippen LogP contribution in [0.1, 0.15) is 46.0 Å². The SMILES string of the molecule is C[C@]12C=CC(O)CC1CC(=O)[C@@H]1[C@H]2CC[C@]2(C)C(=O)C(O)C[C@@H]12. The third kappa shape index (κ3) is 1.91. The number of Topliss-reactive ketones (excluding diaryl/α,β-unsaturated/α-hetero) is 2. The van der Waals surface area contributed by atoms with E-state index in [9.17, 15) is 19.8 Å². The van der Waals surface area contributed by atoms with Crippen molar-refractivity contribution in [1.29, 1.82) is 0 Å². The van der Waals surface area contributed by atoms with Gasteiger partial charge in [-0.1, -0.05) is 26.0 Å². The summed E-state index contributed by atoms with van der Waals surface area (Å²) >= 11 is 0. The summed E-state index contributed by atoms with van der Waals surface area (Å²) in [5.74, 6) is 0.481. The average molecular weight is 318 g/mol. The van der Waals surface area contributed by atoms with E-state index in [0.717, 1.165) is 12.8 Å². The number of allylic oxidation sites excluding steroid dienone is 1. The van der Waals surface area contributed by atoms with Crippen molar-refractivity contribution in [1.82, 2.24) is 0 Å². The van der Waals surface area contributed by atoms with Gasteiger partial charge in [-0.3, -0.25) is 9.59 Å². The molecule has 126 valence electrons. The normalized spacial score (nSPS) is 55.3. The van der Waals surface area contributed by atoms with Crippen molar-refractivity contribution in [3.63, 3.8) is 0 Å². The molecule has 4 nitrogen and oxygen atoms in total. The number of hydrogen-bond acceptors (Lipinski definition) is 4. The molecule has 0 spiro atoms. The van der Waals surface area contributed by atoms with Crippen LogP contribution in [-0.2, 0) is 9.59 Å². The highest BCUT2D eigenvalue weighted by Crippen LogP contribution is 2.63. The number of aliphatic hydroxyl groups excluding tert-OH is 2. The first kappa shape index (κ1) is 15.5. The van der Waals surface area contributed by atoms with Crippen LogP contribution in [0.4, 0.5) is 0 Å². The fraction of sp³-hybridized carbons (Fsp3) is 0.789. The molecular weight excluding hydrogens is 292 g/mol. The lowest BCUT2D eigenvalue weighted by Crippen LogP contribution is -2.56. The molecule has 0 radical (unpaired) electrons. The van der Waals surface area contributed by atoms with Crippen molar-refractivity contribution < 1.29 is 19.8 Å². The minimum Gasteiger partial charge on any atom is -0.389 e. The molecular formula is C19H26O4. The van der Waals surface area contributed by atoms with Gasteiger partial charge in [-0.05, 0) is 48.9 Å². The maximum absolute atomic E-state index is 12.9. The third-order valence-electron chi connectivity index (χ3n) is 7.70. The van der Waals surface area contributed by atoms with Gasteiger partial charge in [-0.2, -0.15) is 0 Å². The van der Waals surface area contributed by atoms with Crippen molar-refractivity contribution in [2.24, 2.45) is 34.5 Å². The van der Waals surface area contributed by atoms with Gasteiger partial charge < -0.3 is 10.2 Å². The van der Waals surface area contributed by atoms with Crippen LogP contribution < -0.4 is 0 Å². The Morgan fingerprint density at radius 2 is 1.87 bits per heavy atom. The number of rotatable bonds is 0. The van der Waals surface area contributed by atoms with E-state index in [-0.39, 0.29) is 40.7 Å². The van der Waals surface area contributed by atoms with Crippen LogP contribution in [0, 0.1) is 34.5 Å². The Bertz CT molecular complexity index is 596. The van der Waals surface area contributed by atoms with Crippen LogP contribution in [0.2, 0.25) is 0 Å². The smallest absolute Gasteiger partial charge is 0.167 e. The first-order valence-corrected chi connectivity index (χ1v) is 8.90. The van der Waals surface area contributed by atoms with Crippen molar-refractivity contribution in [3.8, 4) is 0 Å². The zero-order valence-corrected chi connectivity index (χ0v) is 13.9. The molecule has 3 fully saturated rings. The number of carbonyl (C=O) groups excluding carboxylic acids is 2. The highest BCUT2D eigenvalue weighted by atomic mass is 16.3. The topological polar surface area (TPSA) is 74.6 Å². The maximum atomic E-state index is 12.9. The summed E-state index contributed by atoms with van der Waals surface area (Å²) < 4.78 is 0. The number of aliphatic hydroxyl groups is 2. The number of hydrogen-bond donors (Lipinski definition) is 2. The molecule has 23 heavy (non-hydrogen) atoms. The molecule has 3 saturated carbocycles. The maximum Gasteiger partial charge on any atom is 0.167 e. The summed E-state index contributed by atoms with van der Waals surface area (Å²) in [7, 11) is 0. The van der Waals surface area contributed by atoms with Gasteiger partial charge in [-0.25, -0.2) is 0 Å². The first-order chi connectivity index (χ1) is 10.8. The third-order valence-corrected chi connectivity index (χ3v) is 7.70. The van der Waals surface area contributed by atoms with Crippen LogP contribution in [0.5, 0.6) is 0 Å². The Morgan fingerprint density at radius 1 is 1.13 bits per heavy atom. The molecule has 4 rings (SSSR count). The van der Waals surface area contributed by atoms with Crippen molar-refractivity contribution in [2.45, 2.75) is 58.2 Å². The molecule has 0 bridgehead atoms. The standard InChI is InChI=1S/C19H26O4/c1-18-5-3-11(20)7-10(18)8-14(21)16-12(18)4-6-19(2)13(16)9-15(22)17(19)23/h3,5,10-13,15-16,20,22H,4,6-9H2,1-2H3/t10?,11?,12-,13+,15?,16-,18+,19+/m1/s1. The Morgan fingerprint density at radius 3 is 2.61 bits per heavy atom. The zero-order valence-electron chi connectivity index (χ0n) is 13.9. The molecule has 4 aliphatic carbocycles. The van der Waals surface area contributed by atoms with E-state index in [2.05, 4.69) is 13.0 Å². The largest absolute Gasteiger partial charge is 0.389 e. The van der Waals surface area contributed by atoms with E-state index in [0.29, 0.717) is 19.3 Å². The summed E-state index contributed by atoms with van der Waals surface area (Å²) in [6.45, 7) is 4.18. The summed E-state index contributed by atoms with van der Waals surface area (Å²) in [6, 6.07) is 0. The van der Waals surface area contributed by atoms with Crippen molar-refractivity contribution >= 4 is 11.6 Å². The molecule has 4 aliphatic rings. The van der Waals surface area contributed by atoms with Crippen LogP contribution in [-0.4, -0.2) is 34.0 Å². The fourth-order valence-electron chi connectivity index (χ4n) is 6.27. The molecule has 8 atom stereocenters. The molecule has 2 N–H and O–H groups in total. The molecule has 0 saturated heterocycles. The molecule has 4 heteroatoms. The highest BCUT2D eigenvalue weighted by molar-refractivity contribution is 5.93. The highest BCUT2D eigenvalue weighted by Gasteiger charge is 2.63. The number of carbonyl (C=O) groups is 2. The van der Waals surface area contributed by atoms with Gasteiger partial charge in [-0.15, -0.1) is 0 Å². The Balaban J connectivity index is 1.75. The second kappa shape index (κ2) is 4.76. The minimum atomic E-state index is -0.897. The summed E-state index contributed by atoms with van der Waals surface area (Å²) in [5, 5.41) is 20.0. The van der Waals surface area contributed by atoms with E-state index >= 15 is 0 Å². The molecule has 0 aromatic heterocycles. The van der Waals surface area contributed by atoms with E-state index in [1.54, 1.807) is 0 Å². The molecule has 0 aromatic carbocycles.